The van der Waals surface area contributed by atoms with Gasteiger partial charge < -0.3 is 5.32 Å². The maximum absolute atomic E-state index is 13.1. The van der Waals surface area contributed by atoms with Crippen LogP contribution in [0.25, 0.3) is 0 Å². The Morgan fingerprint density at radius 2 is 1.85 bits per heavy atom. The zero-order chi connectivity index (χ0) is 14.5. The van der Waals surface area contributed by atoms with Crippen molar-refractivity contribution in [1.29, 1.82) is 0 Å². The predicted molar refractivity (Wildman–Crippen MR) is 83.9 cm³/mol. The molecule has 0 saturated heterocycles. The van der Waals surface area contributed by atoms with E-state index in [4.69, 9.17) is 11.6 Å². The third-order valence-corrected chi connectivity index (χ3v) is 3.61. The molecule has 106 valence electrons. The number of hydrogen-bond acceptors (Lipinski definition) is 1. The summed E-state index contributed by atoms with van der Waals surface area (Å²) in [6.07, 6.45) is 2.26. The molecule has 1 N–H and O–H groups in total. The fraction of sp³-hybridized carbons (Fsp3) is 0.294. The minimum absolute atomic E-state index is 0.139. The van der Waals surface area contributed by atoms with Gasteiger partial charge in [0.2, 0.25) is 0 Å². The highest BCUT2D eigenvalue weighted by molar-refractivity contribution is 6.31. The molecule has 2 aromatic carbocycles. The van der Waals surface area contributed by atoms with E-state index < -0.39 is 5.82 Å². The molecule has 3 heteroatoms. The zero-order valence-electron chi connectivity index (χ0n) is 11.8. The van der Waals surface area contributed by atoms with E-state index in [1.165, 1.54) is 17.2 Å². The van der Waals surface area contributed by atoms with Crippen LogP contribution in [0.15, 0.2) is 42.5 Å². The number of nitrogens with one attached hydrogen (secondary N) is 1. The van der Waals surface area contributed by atoms with Crippen molar-refractivity contribution >= 4 is 17.3 Å². The second-order valence-electron chi connectivity index (χ2n) is 4.99. The molecule has 0 fully saturated rings. The van der Waals surface area contributed by atoms with Crippen LogP contribution in [0, 0.1) is 5.82 Å². The third-order valence-electron chi connectivity index (χ3n) is 3.32. The fourth-order valence-corrected chi connectivity index (χ4v) is 2.36. The molecule has 0 aliphatic rings. The molecular weight excluding hydrogens is 273 g/mol. The summed E-state index contributed by atoms with van der Waals surface area (Å²) >= 11 is 5.78. The van der Waals surface area contributed by atoms with Crippen molar-refractivity contribution < 1.29 is 4.39 Å². The van der Waals surface area contributed by atoms with Crippen molar-refractivity contribution in [2.24, 2.45) is 0 Å². The first-order valence-corrected chi connectivity index (χ1v) is 7.28. The molecule has 0 amide bonds. The molecule has 0 radical (unpaired) electrons. The Morgan fingerprint density at radius 3 is 2.45 bits per heavy atom. The third kappa shape index (κ3) is 3.73. The molecule has 0 bridgehead atoms. The maximum Gasteiger partial charge on any atom is 0.141 e. The molecule has 1 nitrogen and oxygen atoms in total. The molecule has 20 heavy (non-hydrogen) atoms. The predicted octanol–water partition coefficient (Wildman–Crippen LogP) is 5.60. The Labute approximate surface area is 124 Å². The first kappa shape index (κ1) is 14.9. The van der Waals surface area contributed by atoms with Crippen molar-refractivity contribution in [3.63, 3.8) is 0 Å². The fourth-order valence-electron chi connectivity index (χ4n) is 2.18. The Morgan fingerprint density at radius 1 is 1.15 bits per heavy atom. The van der Waals surface area contributed by atoms with Gasteiger partial charge in [-0.05, 0) is 42.7 Å². The monoisotopic (exact) mass is 291 g/mol. The average molecular weight is 292 g/mol. The van der Waals surface area contributed by atoms with E-state index >= 15 is 0 Å². The molecule has 2 aromatic rings. The van der Waals surface area contributed by atoms with Crippen LogP contribution in [-0.2, 0) is 6.42 Å². The van der Waals surface area contributed by atoms with Crippen molar-refractivity contribution in [2.45, 2.75) is 32.7 Å². The molecule has 2 rings (SSSR count). The first-order chi connectivity index (χ1) is 9.60. The van der Waals surface area contributed by atoms with E-state index in [-0.39, 0.29) is 11.1 Å². The van der Waals surface area contributed by atoms with Gasteiger partial charge in [-0.2, -0.15) is 0 Å². The van der Waals surface area contributed by atoms with Gasteiger partial charge in [-0.3, -0.25) is 0 Å². The van der Waals surface area contributed by atoms with Crippen LogP contribution in [0.1, 0.15) is 37.4 Å². The van der Waals surface area contributed by atoms with Crippen LogP contribution in [-0.4, -0.2) is 0 Å². The molecule has 0 aromatic heterocycles. The summed E-state index contributed by atoms with van der Waals surface area (Å²) in [7, 11) is 0. The van der Waals surface area contributed by atoms with Gasteiger partial charge in [0.1, 0.15) is 5.82 Å². The lowest BCUT2D eigenvalue weighted by Gasteiger charge is -2.16. The van der Waals surface area contributed by atoms with Crippen molar-refractivity contribution in [3.8, 4) is 0 Å². The van der Waals surface area contributed by atoms with Gasteiger partial charge in [0, 0.05) is 11.7 Å². The van der Waals surface area contributed by atoms with E-state index in [0.29, 0.717) is 0 Å². The molecule has 0 spiro atoms. The number of anilines is 1. The number of halogens is 2. The van der Waals surface area contributed by atoms with Crippen LogP contribution >= 0.6 is 11.6 Å². The van der Waals surface area contributed by atoms with Crippen LogP contribution in [0.3, 0.4) is 0 Å². The lowest BCUT2D eigenvalue weighted by atomic mass is 10.0. The lowest BCUT2D eigenvalue weighted by Crippen LogP contribution is -2.06. The molecule has 1 unspecified atom stereocenters. The summed E-state index contributed by atoms with van der Waals surface area (Å²) < 4.78 is 13.1. The van der Waals surface area contributed by atoms with Crippen LogP contribution in [0.4, 0.5) is 10.1 Å². The van der Waals surface area contributed by atoms with E-state index in [0.717, 1.165) is 18.5 Å². The van der Waals surface area contributed by atoms with Crippen molar-refractivity contribution in [2.75, 3.05) is 5.32 Å². The van der Waals surface area contributed by atoms with Crippen molar-refractivity contribution in [1.82, 2.24) is 0 Å². The Kier molecular flexibility index (Phi) is 5.02. The highest BCUT2D eigenvalue weighted by atomic mass is 35.5. The van der Waals surface area contributed by atoms with E-state index in [2.05, 4.69) is 43.4 Å². The van der Waals surface area contributed by atoms with Gasteiger partial charge in [-0.1, -0.05) is 49.2 Å². The minimum Gasteiger partial charge on any atom is -0.378 e. The lowest BCUT2D eigenvalue weighted by molar-refractivity contribution is 0.628. The molecular formula is C17H19ClFN. The summed E-state index contributed by atoms with van der Waals surface area (Å²) in [5, 5.41) is 3.47. The normalized spacial score (nSPS) is 12.2. The average Bonchev–Trinajstić information content (AvgIpc) is 2.44. The Balaban J connectivity index is 2.06. The van der Waals surface area contributed by atoms with Gasteiger partial charge in [-0.15, -0.1) is 0 Å². The number of rotatable bonds is 5. The highest BCUT2D eigenvalue weighted by Gasteiger charge is 2.07. The summed E-state index contributed by atoms with van der Waals surface area (Å²) in [5.41, 5.74) is 3.38. The molecule has 0 aliphatic heterocycles. The van der Waals surface area contributed by atoms with E-state index in [9.17, 15) is 4.39 Å². The number of aryl methyl sites for hydroxylation is 1. The van der Waals surface area contributed by atoms with Crippen LogP contribution in [0.2, 0.25) is 5.02 Å². The van der Waals surface area contributed by atoms with E-state index in [1.54, 1.807) is 12.1 Å². The highest BCUT2D eigenvalue weighted by Crippen LogP contribution is 2.24. The van der Waals surface area contributed by atoms with Gasteiger partial charge in [0.05, 0.1) is 5.02 Å². The second-order valence-corrected chi connectivity index (χ2v) is 5.39. The SMILES string of the molecule is CCCc1ccc(C(C)Nc2ccc(F)c(Cl)c2)cc1. The van der Waals surface area contributed by atoms with Gasteiger partial charge in [-0.25, -0.2) is 4.39 Å². The zero-order valence-corrected chi connectivity index (χ0v) is 12.5. The summed E-state index contributed by atoms with van der Waals surface area (Å²) in [5.74, 6) is -0.395. The molecule has 0 heterocycles. The largest absolute Gasteiger partial charge is 0.378 e. The maximum atomic E-state index is 13.1. The molecule has 0 aliphatic carbocycles. The number of benzene rings is 2. The smallest absolute Gasteiger partial charge is 0.141 e. The Hall–Kier alpha value is -1.54. The topological polar surface area (TPSA) is 12.0 Å². The van der Waals surface area contributed by atoms with Crippen LogP contribution < -0.4 is 5.32 Å². The van der Waals surface area contributed by atoms with Gasteiger partial charge >= 0.3 is 0 Å². The number of hydrogen-bond donors (Lipinski definition) is 1. The van der Waals surface area contributed by atoms with Gasteiger partial charge in [0.25, 0.3) is 0 Å². The van der Waals surface area contributed by atoms with Crippen molar-refractivity contribution in [3.05, 3.63) is 64.4 Å². The summed E-state index contributed by atoms with van der Waals surface area (Å²) in [6.45, 7) is 4.25. The summed E-state index contributed by atoms with van der Waals surface area (Å²) in [4.78, 5) is 0. The molecule has 0 saturated carbocycles. The minimum atomic E-state index is -0.395. The van der Waals surface area contributed by atoms with E-state index in [1.807, 2.05) is 0 Å². The first-order valence-electron chi connectivity index (χ1n) is 6.90. The Bertz CT molecular complexity index is 566. The van der Waals surface area contributed by atoms with Gasteiger partial charge in [0.15, 0.2) is 0 Å². The second kappa shape index (κ2) is 6.76. The standard InChI is InChI=1S/C17H19ClFN/c1-3-4-13-5-7-14(8-6-13)12(2)20-15-9-10-17(19)16(18)11-15/h5-12,20H,3-4H2,1-2H3. The molecule has 1 atom stereocenters. The quantitative estimate of drug-likeness (QED) is 0.755. The summed E-state index contributed by atoms with van der Waals surface area (Å²) in [6, 6.07) is 13.4. The van der Waals surface area contributed by atoms with Crippen LogP contribution in [0.5, 0.6) is 0 Å².